The summed E-state index contributed by atoms with van der Waals surface area (Å²) in [5, 5.41) is 7.77. The van der Waals surface area contributed by atoms with E-state index in [4.69, 9.17) is 9.47 Å². The number of fused-ring (bicyclic) bond motifs is 1. The first-order valence-corrected chi connectivity index (χ1v) is 11.2. The lowest BCUT2D eigenvalue weighted by molar-refractivity contribution is 0.0322. The summed E-state index contributed by atoms with van der Waals surface area (Å²) in [4.78, 5) is 14.6. The molecule has 5 rings (SSSR count). The largest absolute Gasteiger partial charge is 0.492 e. The molecule has 1 aliphatic rings. The van der Waals surface area contributed by atoms with Gasteiger partial charge in [-0.15, -0.1) is 0 Å². The Morgan fingerprint density at radius 2 is 1.82 bits per heavy atom. The van der Waals surface area contributed by atoms with Crippen molar-refractivity contribution in [1.82, 2.24) is 19.9 Å². The van der Waals surface area contributed by atoms with Gasteiger partial charge in [-0.25, -0.2) is 4.98 Å². The number of H-pyrrole nitrogens is 1. The van der Waals surface area contributed by atoms with Crippen LogP contribution in [-0.2, 0) is 4.74 Å². The van der Waals surface area contributed by atoms with E-state index >= 15 is 0 Å². The van der Waals surface area contributed by atoms with E-state index in [0.29, 0.717) is 12.6 Å². The predicted molar refractivity (Wildman–Crippen MR) is 131 cm³/mol. The molecule has 1 saturated heterocycles. The van der Waals surface area contributed by atoms with Crippen molar-refractivity contribution in [2.45, 2.75) is 6.92 Å². The van der Waals surface area contributed by atoms with Crippen molar-refractivity contribution in [2.75, 3.05) is 50.1 Å². The Morgan fingerprint density at radius 1 is 1.00 bits per heavy atom. The number of aryl methyl sites for hydroxylation is 1. The minimum absolute atomic E-state index is 0.527. The maximum absolute atomic E-state index is 5.88. The molecule has 2 aromatic carbocycles. The predicted octanol–water partition coefficient (Wildman–Crippen LogP) is 4.46. The second-order valence-corrected chi connectivity index (χ2v) is 8.10. The lowest BCUT2D eigenvalue weighted by atomic mass is 10.2. The van der Waals surface area contributed by atoms with Crippen molar-refractivity contribution in [3.05, 3.63) is 66.5 Å². The van der Waals surface area contributed by atoms with Crippen molar-refractivity contribution >= 4 is 34.0 Å². The fraction of sp³-hybridized carbons (Fsp3) is 0.280. The van der Waals surface area contributed by atoms with Crippen LogP contribution >= 0.6 is 0 Å². The Bertz CT molecular complexity index is 1200. The summed E-state index contributed by atoms with van der Waals surface area (Å²) in [6, 6.07) is 18.0. The third-order valence-electron chi connectivity index (χ3n) is 5.57. The molecule has 0 amide bonds. The van der Waals surface area contributed by atoms with Gasteiger partial charge in [0.2, 0.25) is 5.95 Å². The van der Waals surface area contributed by atoms with Crippen molar-refractivity contribution in [1.29, 1.82) is 0 Å². The first kappa shape index (κ1) is 21.2. The van der Waals surface area contributed by atoms with Gasteiger partial charge < -0.3 is 25.1 Å². The number of benzene rings is 2. The van der Waals surface area contributed by atoms with Crippen LogP contribution in [0.3, 0.4) is 0 Å². The molecule has 0 radical (unpaired) electrons. The van der Waals surface area contributed by atoms with E-state index in [9.17, 15) is 0 Å². The highest BCUT2D eigenvalue weighted by molar-refractivity contribution is 5.84. The Hall–Kier alpha value is -3.62. The normalized spacial score (nSPS) is 14.3. The molecule has 0 bridgehead atoms. The number of nitrogens with one attached hydrogen (secondary N) is 3. The van der Waals surface area contributed by atoms with Gasteiger partial charge in [-0.05, 0) is 61.5 Å². The lowest BCUT2D eigenvalue weighted by Crippen LogP contribution is -2.38. The van der Waals surface area contributed by atoms with Gasteiger partial charge in [-0.2, -0.15) is 4.98 Å². The van der Waals surface area contributed by atoms with Gasteiger partial charge >= 0.3 is 0 Å². The third kappa shape index (κ3) is 5.60. The lowest BCUT2D eigenvalue weighted by Gasteiger charge is -2.26. The van der Waals surface area contributed by atoms with Crippen LogP contribution < -0.4 is 15.4 Å². The van der Waals surface area contributed by atoms with Gasteiger partial charge in [0, 0.05) is 53.8 Å². The number of nitrogens with zero attached hydrogens (tertiary/aromatic N) is 3. The number of hydrogen-bond donors (Lipinski definition) is 3. The monoisotopic (exact) mass is 444 g/mol. The molecule has 2 aromatic heterocycles. The van der Waals surface area contributed by atoms with Crippen LogP contribution in [0.5, 0.6) is 5.75 Å². The summed E-state index contributed by atoms with van der Waals surface area (Å²) in [6.45, 7) is 7.19. The zero-order valence-corrected chi connectivity index (χ0v) is 18.7. The summed E-state index contributed by atoms with van der Waals surface area (Å²) in [6.07, 6.45) is 1.74. The van der Waals surface area contributed by atoms with Gasteiger partial charge in [0.1, 0.15) is 18.2 Å². The van der Waals surface area contributed by atoms with E-state index < -0.39 is 0 Å². The topological polar surface area (TPSA) is 87.3 Å². The molecule has 0 spiro atoms. The van der Waals surface area contributed by atoms with Crippen LogP contribution in [0.1, 0.15) is 5.69 Å². The summed E-state index contributed by atoms with van der Waals surface area (Å²) in [7, 11) is 0. The van der Waals surface area contributed by atoms with Crippen molar-refractivity contribution in [3.63, 3.8) is 0 Å². The second kappa shape index (κ2) is 9.89. The molecule has 8 heteroatoms. The maximum atomic E-state index is 5.88. The molecule has 8 nitrogen and oxygen atoms in total. The number of aromatic nitrogens is 3. The highest BCUT2D eigenvalue weighted by Crippen LogP contribution is 2.23. The molecule has 0 aliphatic carbocycles. The van der Waals surface area contributed by atoms with E-state index in [2.05, 4.69) is 55.6 Å². The highest BCUT2D eigenvalue weighted by Gasteiger charge is 2.10. The molecular weight excluding hydrogens is 416 g/mol. The molecule has 33 heavy (non-hydrogen) atoms. The van der Waals surface area contributed by atoms with E-state index in [0.717, 1.165) is 72.4 Å². The Balaban J connectivity index is 1.16. The average molecular weight is 445 g/mol. The number of anilines is 4. The summed E-state index contributed by atoms with van der Waals surface area (Å²) in [5.74, 6) is 2.10. The van der Waals surface area contributed by atoms with Gasteiger partial charge in [0.25, 0.3) is 0 Å². The van der Waals surface area contributed by atoms with Crippen LogP contribution in [0, 0.1) is 6.92 Å². The first-order valence-electron chi connectivity index (χ1n) is 11.2. The zero-order chi connectivity index (χ0) is 22.5. The minimum Gasteiger partial charge on any atom is -0.492 e. The van der Waals surface area contributed by atoms with Crippen molar-refractivity contribution < 1.29 is 9.47 Å². The third-order valence-corrected chi connectivity index (χ3v) is 5.57. The molecule has 0 unspecified atom stereocenters. The molecule has 1 fully saturated rings. The van der Waals surface area contributed by atoms with E-state index in [1.54, 1.807) is 6.20 Å². The number of hydrogen-bond acceptors (Lipinski definition) is 7. The van der Waals surface area contributed by atoms with Crippen LogP contribution in [0.25, 0.3) is 10.9 Å². The minimum atomic E-state index is 0.527. The van der Waals surface area contributed by atoms with Gasteiger partial charge in [-0.1, -0.05) is 0 Å². The molecule has 170 valence electrons. The van der Waals surface area contributed by atoms with Gasteiger partial charge in [0.15, 0.2) is 0 Å². The van der Waals surface area contributed by atoms with E-state index in [-0.39, 0.29) is 0 Å². The van der Waals surface area contributed by atoms with Gasteiger partial charge in [0.05, 0.1) is 13.2 Å². The molecule has 1 aliphatic heterocycles. The summed E-state index contributed by atoms with van der Waals surface area (Å²) in [5.41, 5.74) is 4.14. The van der Waals surface area contributed by atoms with E-state index in [1.165, 1.54) is 0 Å². The summed E-state index contributed by atoms with van der Waals surface area (Å²) >= 11 is 0. The number of ether oxygens (including phenoxy) is 2. The molecule has 0 atom stereocenters. The molecule has 0 saturated carbocycles. The van der Waals surface area contributed by atoms with Crippen molar-refractivity contribution in [3.8, 4) is 5.75 Å². The number of rotatable bonds is 8. The first-order chi connectivity index (χ1) is 16.2. The quantitative estimate of drug-likeness (QED) is 0.370. The molecule has 3 N–H and O–H groups in total. The molecule has 3 heterocycles. The zero-order valence-electron chi connectivity index (χ0n) is 18.7. The number of aromatic amines is 1. The standard InChI is InChI=1S/C25H28N6O2/c1-18-16-19-17-21(4-7-23(19)27-18)28-24-8-9-26-25(30-24)29-20-2-5-22(6-3-20)33-15-12-31-10-13-32-14-11-31/h2-9,16-17,27H,10-15H2,1H3,(H2,26,28,29,30). The number of morpholine rings is 1. The van der Waals surface area contributed by atoms with Gasteiger partial charge in [-0.3, -0.25) is 4.90 Å². The SMILES string of the molecule is Cc1cc2cc(Nc3ccnc(Nc4ccc(OCCN5CCOCC5)cc4)n3)ccc2[nH]1. The van der Waals surface area contributed by atoms with Crippen LogP contribution in [-0.4, -0.2) is 59.3 Å². The fourth-order valence-corrected chi connectivity index (χ4v) is 3.87. The molecular formula is C25H28N6O2. The van der Waals surface area contributed by atoms with E-state index in [1.807, 2.05) is 36.4 Å². The second-order valence-electron chi connectivity index (χ2n) is 8.10. The fourth-order valence-electron chi connectivity index (χ4n) is 3.87. The van der Waals surface area contributed by atoms with Crippen LogP contribution in [0.15, 0.2) is 60.8 Å². The van der Waals surface area contributed by atoms with Crippen LogP contribution in [0.4, 0.5) is 23.1 Å². The average Bonchev–Trinajstić information content (AvgIpc) is 3.20. The Morgan fingerprint density at radius 3 is 2.67 bits per heavy atom. The molecule has 4 aromatic rings. The van der Waals surface area contributed by atoms with Crippen molar-refractivity contribution in [2.24, 2.45) is 0 Å². The van der Waals surface area contributed by atoms with Crippen LogP contribution in [0.2, 0.25) is 0 Å². The Kier molecular flexibility index (Phi) is 6.37. The highest BCUT2D eigenvalue weighted by atomic mass is 16.5. The maximum Gasteiger partial charge on any atom is 0.229 e. The smallest absolute Gasteiger partial charge is 0.229 e. The Labute approximate surface area is 193 Å². The summed E-state index contributed by atoms with van der Waals surface area (Å²) < 4.78 is 11.3.